The molecule has 0 saturated carbocycles. The third-order valence-electron chi connectivity index (χ3n) is 2.98. The number of rotatable bonds is 3. The van der Waals surface area contributed by atoms with Gasteiger partial charge in [0.1, 0.15) is 6.04 Å². The molecule has 2 rings (SSSR count). The summed E-state index contributed by atoms with van der Waals surface area (Å²) < 4.78 is 1.83. The van der Waals surface area contributed by atoms with E-state index >= 15 is 0 Å². The molecule has 3 nitrogen and oxygen atoms in total. The lowest BCUT2D eigenvalue weighted by atomic mass is 10.1. The summed E-state index contributed by atoms with van der Waals surface area (Å²) in [6.07, 6.45) is 2.76. The van der Waals surface area contributed by atoms with Crippen molar-refractivity contribution < 1.29 is 9.90 Å². The van der Waals surface area contributed by atoms with Gasteiger partial charge >= 0.3 is 5.97 Å². The van der Waals surface area contributed by atoms with Crippen molar-refractivity contribution >= 4 is 16.9 Å². The van der Waals surface area contributed by atoms with E-state index < -0.39 is 12.0 Å². The maximum atomic E-state index is 11.0. The Balaban J connectivity index is 2.67. The molecule has 0 aliphatic rings. The van der Waals surface area contributed by atoms with E-state index in [1.54, 1.807) is 6.92 Å². The van der Waals surface area contributed by atoms with Crippen molar-refractivity contribution in [3.05, 3.63) is 36.0 Å². The van der Waals surface area contributed by atoms with Crippen LogP contribution < -0.4 is 0 Å². The fraction of sp³-hybridized carbons (Fsp3) is 0.308. The number of benzene rings is 1. The normalized spacial score (nSPS) is 12.9. The molecule has 1 aromatic carbocycles. The van der Waals surface area contributed by atoms with Gasteiger partial charge in [0.25, 0.3) is 0 Å². The summed E-state index contributed by atoms with van der Waals surface area (Å²) in [4.78, 5) is 11.0. The SMILES string of the molecule is CCc1cccc2ccn(C(C)C(=O)O)c12. The maximum absolute atomic E-state index is 11.0. The highest BCUT2D eigenvalue weighted by Gasteiger charge is 2.16. The second kappa shape index (κ2) is 4.00. The van der Waals surface area contributed by atoms with Crippen LogP contribution in [0.2, 0.25) is 0 Å². The zero-order chi connectivity index (χ0) is 11.7. The van der Waals surface area contributed by atoms with Crippen LogP contribution in [0.3, 0.4) is 0 Å². The van der Waals surface area contributed by atoms with Crippen LogP contribution in [-0.4, -0.2) is 15.6 Å². The van der Waals surface area contributed by atoms with Gasteiger partial charge in [0.05, 0.1) is 5.52 Å². The zero-order valence-corrected chi connectivity index (χ0v) is 9.47. The number of nitrogens with zero attached hydrogens (tertiary/aromatic N) is 1. The number of hydrogen-bond donors (Lipinski definition) is 1. The molecule has 0 aliphatic carbocycles. The van der Waals surface area contributed by atoms with Gasteiger partial charge in [0.2, 0.25) is 0 Å². The van der Waals surface area contributed by atoms with Crippen molar-refractivity contribution in [3.8, 4) is 0 Å². The van der Waals surface area contributed by atoms with Crippen molar-refractivity contribution in [2.45, 2.75) is 26.3 Å². The van der Waals surface area contributed by atoms with Gasteiger partial charge in [-0.1, -0.05) is 25.1 Å². The number of aliphatic carboxylic acids is 1. The fourth-order valence-corrected chi connectivity index (χ4v) is 2.02. The number of hydrogen-bond acceptors (Lipinski definition) is 1. The van der Waals surface area contributed by atoms with Gasteiger partial charge < -0.3 is 9.67 Å². The summed E-state index contributed by atoms with van der Waals surface area (Å²) >= 11 is 0. The van der Waals surface area contributed by atoms with E-state index in [0.717, 1.165) is 17.3 Å². The lowest BCUT2D eigenvalue weighted by molar-refractivity contribution is -0.140. The van der Waals surface area contributed by atoms with Crippen LogP contribution in [0.5, 0.6) is 0 Å². The second-order valence-electron chi connectivity index (χ2n) is 3.95. The Hall–Kier alpha value is -1.77. The molecule has 0 saturated heterocycles. The third-order valence-corrected chi connectivity index (χ3v) is 2.98. The van der Waals surface area contributed by atoms with Crippen LogP contribution in [0.25, 0.3) is 10.9 Å². The van der Waals surface area contributed by atoms with Crippen LogP contribution in [0.4, 0.5) is 0 Å². The van der Waals surface area contributed by atoms with Crippen molar-refractivity contribution in [2.24, 2.45) is 0 Å². The number of carbonyl (C=O) groups is 1. The van der Waals surface area contributed by atoms with Gasteiger partial charge in [-0.15, -0.1) is 0 Å². The van der Waals surface area contributed by atoms with E-state index in [1.165, 1.54) is 5.56 Å². The molecule has 1 heterocycles. The Kier molecular flexibility index (Phi) is 2.69. The number of carboxylic acid groups (broad SMARTS) is 1. The second-order valence-corrected chi connectivity index (χ2v) is 3.95. The van der Waals surface area contributed by atoms with E-state index in [0.29, 0.717) is 0 Å². The summed E-state index contributed by atoms with van der Waals surface area (Å²) in [6, 6.07) is 7.52. The van der Waals surface area contributed by atoms with Gasteiger partial charge in [0.15, 0.2) is 0 Å². The summed E-state index contributed by atoms with van der Waals surface area (Å²) in [7, 11) is 0. The zero-order valence-electron chi connectivity index (χ0n) is 9.47. The Morgan fingerprint density at radius 2 is 2.19 bits per heavy atom. The first-order chi connectivity index (χ1) is 7.65. The first kappa shape index (κ1) is 10.7. The Morgan fingerprint density at radius 1 is 1.44 bits per heavy atom. The molecule has 0 aliphatic heterocycles. The topological polar surface area (TPSA) is 42.2 Å². The summed E-state index contributed by atoms with van der Waals surface area (Å²) in [5.74, 6) is -0.802. The molecule has 0 fully saturated rings. The van der Waals surface area contributed by atoms with Gasteiger partial charge in [-0.25, -0.2) is 4.79 Å². The van der Waals surface area contributed by atoms with Crippen LogP contribution in [0.1, 0.15) is 25.5 Å². The third kappa shape index (κ3) is 1.58. The summed E-state index contributed by atoms with van der Waals surface area (Å²) in [6.45, 7) is 3.78. The van der Waals surface area contributed by atoms with E-state index in [4.69, 9.17) is 5.11 Å². The van der Waals surface area contributed by atoms with Crippen molar-refractivity contribution in [1.29, 1.82) is 0 Å². The molecule has 1 unspecified atom stereocenters. The first-order valence-electron chi connectivity index (χ1n) is 5.46. The highest BCUT2D eigenvalue weighted by Crippen LogP contribution is 2.24. The lowest BCUT2D eigenvalue weighted by Crippen LogP contribution is -2.15. The van der Waals surface area contributed by atoms with Crippen LogP contribution in [-0.2, 0) is 11.2 Å². The number of fused-ring (bicyclic) bond motifs is 1. The maximum Gasteiger partial charge on any atom is 0.326 e. The molecule has 84 valence electrons. The first-order valence-corrected chi connectivity index (χ1v) is 5.46. The molecular formula is C13H15NO2. The number of aryl methyl sites for hydroxylation is 1. The molecule has 0 radical (unpaired) electrons. The Bertz CT molecular complexity index is 528. The number of para-hydroxylation sites is 1. The minimum Gasteiger partial charge on any atom is -0.480 e. The molecule has 0 amide bonds. The highest BCUT2D eigenvalue weighted by atomic mass is 16.4. The number of aromatic nitrogens is 1. The van der Waals surface area contributed by atoms with Gasteiger partial charge in [0, 0.05) is 6.20 Å². The van der Waals surface area contributed by atoms with Gasteiger partial charge in [-0.2, -0.15) is 0 Å². The highest BCUT2D eigenvalue weighted by molar-refractivity contribution is 5.85. The molecular weight excluding hydrogens is 202 g/mol. The minimum atomic E-state index is -0.802. The smallest absolute Gasteiger partial charge is 0.326 e. The lowest BCUT2D eigenvalue weighted by Gasteiger charge is -2.12. The molecule has 2 aromatic rings. The number of carboxylic acids is 1. The van der Waals surface area contributed by atoms with Crippen molar-refractivity contribution in [3.63, 3.8) is 0 Å². The molecule has 1 N–H and O–H groups in total. The van der Waals surface area contributed by atoms with E-state index in [1.807, 2.05) is 35.0 Å². The van der Waals surface area contributed by atoms with Gasteiger partial charge in [-0.3, -0.25) is 0 Å². The molecule has 16 heavy (non-hydrogen) atoms. The molecule has 1 atom stereocenters. The minimum absolute atomic E-state index is 0.523. The summed E-state index contributed by atoms with van der Waals surface area (Å²) in [5.41, 5.74) is 2.23. The van der Waals surface area contributed by atoms with Crippen LogP contribution in [0, 0.1) is 0 Å². The molecule has 1 aromatic heterocycles. The van der Waals surface area contributed by atoms with Gasteiger partial charge in [-0.05, 0) is 30.4 Å². The van der Waals surface area contributed by atoms with Crippen molar-refractivity contribution in [2.75, 3.05) is 0 Å². The summed E-state index contributed by atoms with van der Waals surface area (Å²) in [5, 5.41) is 10.2. The van der Waals surface area contributed by atoms with Crippen molar-refractivity contribution in [1.82, 2.24) is 4.57 Å². The predicted molar refractivity (Wildman–Crippen MR) is 63.7 cm³/mol. The van der Waals surface area contributed by atoms with E-state index in [-0.39, 0.29) is 0 Å². The predicted octanol–water partition coefficient (Wildman–Crippen LogP) is 2.85. The Labute approximate surface area is 94.3 Å². The fourth-order valence-electron chi connectivity index (χ4n) is 2.02. The Morgan fingerprint density at radius 3 is 2.81 bits per heavy atom. The molecule has 3 heteroatoms. The molecule has 0 bridgehead atoms. The van der Waals surface area contributed by atoms with Crippen LogP contribution in [0.15, 0.2) is 30.5 Å². The monoisotopic (exact) mass is 217 g/mol. The largest absolute Gasteiger partial charge is 0.480 e. The van der Waals surface area contributed by atoms with E-state index in [2.05, 4.69) is 6.92 Å². The standard InChI is InChI=1S/C13H15NO2/c1-3-10-5-4-6-11-7-8-14(12(10)11)9(2)13(15)16/h4-9H,3H2,1-2H3,(H,15,16). The average Bonchev–Trinajstić information content (AvgIpc) is 2.71. The average molecular weight is 217 g/mol. The molecule has 0 spiro atoms. The van der Waals surface area contributed by atoms with E-state index in [9.17, 15) is 4.79 Å². The van der Waals surface area contributed by atoms with Crippen LogP contribution >= 0.6 is 0 Å². The quantitative estimate of drug-likeness (QED) is 0.859.